The van der Waals surface area contributed by atoms with Gasteiger partial charge in [0.25, 0.3) is 0 Å². The number of carbonyl (C=O) groups is 2. The molecule has 0 fully saturated rings. The topological polar surface area (TPSA) is 95.9 Å². The standard InChI is InChI=1S/C56H107NO5/c1-4-7-10-13-16-19-22-24-26-28-30-33-36-39-42-45-48-54(59)53(51-58)57-55(60)50-52(47-44-41-38-35-32-21-18-15-12-9-6-3)62-56(61)49-46-43-40-37-34-31-29-27-25-23-20-17-14-11-8-5-2/h27,29,31,34,52-54,58-59H,4-26,28,30,32-33,35-51H2,1-3H3,(H,57,60)/b29-27+,34-31+. The van der Waals surface area contributed by atoms with Crippen LogP contribution in [0.5, 0.6) is 0 Å². The second kappa shape index (κ2) is 50.3. The van der Waals surface area contributed by atoms with E-state index in [1.165, 1.54) is 193 Å². The van der Waals surface area contributed by atoms with Crippen molar-refractivity contribution in [2.24, 2.45) is 0 Å². The number of aliphatic hydroxyl groups is 2. The Morgan fingerprint density at radius 1 is 0.468 bits per heavy atom. The number of unbranched alkanes of at least 4 members (excludes halogenated alkanes) is 35. The number of amides is 1. The molecule has 1 amide bonds. The van der Waals surface area contributed by atoms with Crippen molar-refractivity contribution in [3.63, 3.8) is 0 Å². The molecular formula is C56H107NO5. The molecule has 6 heteroatoms. The monoisotopic (exact) mass is 874 g/mol. The number of hydrogen-bond acceptors (Lipinski definition) is 5. The second-order valence-corrected chi connectivity index (χ2v) is 19.0. The van der Waals surface area contributed by atoms with Gasteiger partial charge in [0.2, 0.25) is 5.91 Å². The van der Waals surface area contributed by atoms with Gasteiger partial charge in [0.05, 0.1) is 25.2 Å². The molecular weight excluding hydrogens is 767 g/mol. The molecule has 0 spiro atoms. The SMILES string of the molecule is CCCCCCCCC/C=C/C=C/CCCCCC(=O)OC(CCCCCCCCCCCCC)CC(=O)NC(CO)C(O)CCCCCCCCCCCCCCCCCC. The van der Waals surface area contributed by atoms with Crippen LogP contribution in [0.15, 0.2) is 24.3 Å². The molecule has 3 unspecified atom stereocenters. The molecule has 6 nitrogen and oxygen atoms in total. The molecule has 0 aromatic heterocycles. The van der Waals surface area contributed by atoms with Gasteiger partial charge in [0, 0.05) is 6.42 Å². The van der Waals surface area contributed by atoms with Crippen LogP contribution < -0.4 is 5.32 Å². The molecule has 3 atom stereocenters. The lowest BCUT2D eigenvalue weighted by Crippen LogP contribution is -2.46. The van der Waals surface area contributed by atoms with Crippen LogP contribution in [0.25, 0.3) is 0 Å². The number of rotatable bonds is 50. The van der Waals surface area contributed by atoms with Crippen molar-refractivity contribution >= 4 is 11.9 Å². The van der Waals surface area contributed by atoms with Crippen molar-refractivity contribution in [2.45, 2.75) is 315 Å². The summed E-state index contributed by atoms with van der Waals surface area (Å²) in [4.78, 5) is 26.2. The van der Waals surface area contributed by atoms with Crippen LogP contribution in [0.3, 0.4) is 0 Å². The zero-order chi connectivity index (χ0) is 45.2. The van der Waals surface area contributed by atoms with E-state index in [4.69, 9.17) is 4.74 Å². The summed E-state index contributed by atoms with van der Waals surface area (Å²) in [5.74, 6) is -0.490. The fraction of sp³-hybridized carbons (Fsp3) is 0.893. The summed E-state index contributed by atoms with van der Waals surface area (Å²) < 4.78 is 5.93. The van der Waals surface area contributed by atoms with Crippen LogP contribution in [-0.4, -0.2) is 46.9 Å². The molecule has 0 aliphatic heterocycles. The fourth-order valence-corrected chi connectivity index (χ4v) is 8.60. The van der Waals surface area contributed by atoms with Crippen molar-refractivity contribution in [1.82, 2.24) is 5.32 Å². The Bertz CT molecular complexity index is 981. The molecule has 0 rings (SSSR count). The first-order valence-corrected chi connectivity index (χ1v) is 27.6. The number of carbonyl (C=O) groups excluding carboxylic acids is 2. The smallest absolute Gasteiger partial charge is 0.306 e. The summed E-state index contributed by atoms with van der Waals surface area (Å²) >= 11 is 0. The Morgan fingerprint density at radius 3 is 1.19 bits per heavy atom. The van der Waals surface area contributed by atoms with Crippen LogP contribution in [0.1, 0.15) is 297 Å². The van der Waals surface area contributed by atoms with Crippen molar-refractivity contribution < 1.29 is 24.5 Å². The molecule has 0 saturated carbocycles. The molecule has 0 heterocycles. The summed E-state index contributed by atoms with van der Waals surface area (Å²) in [6.07, 6.45) is 58.1. The Kier molecular flexibility index (Phi) is 49.0. The number of hydrogen-bond donors (Lipinski definition) is 3. The molecule has 366 valence electrons. The maximum atomic E-state index is 13.2. The van der Waals surface area contributed by atoms with E-state index in [0.717, 1.165) is 57.8 Å². The van der Waals surface area contributed by atoms with Crippen molar-refractivity contribution in [3.05, 3.63) is 24.3 Å². The number of esters is 1. The third-order valence-corrected chi connectivity index (χ3v) is 12.8. The molecule has 0 aromatic carbocycles. The predicted octanol–water partition coefficient (Wildman–Crippen LogP) is 16.7. The number of aliphatic hydroxyl groups excluding tert-OH is 2. The van der Waals surface area contributed by atoms with Gasteiger partial charge >= 0.3 is 5.97 Å². The van der Waals surface area contributed by atoms with E-state index in [2.05, 4.69) is 50.4 Å². The molecule has 0 radical (unpaired) electrons. The molecule has 0 aliphatic rings. The Hall–Kier alpha value is -1.66. The van der Waals surface area contributed by atoms with Crippen LogP contribution in [0.4, 0.5) is 0 Å². The largest absolute Gasteiger partial charge is 0.462 e. The van der Waals surface area contributed by atoms with Crippen molar-refractivity contribution in [2.75, 3.05) is 6.61 Å². The molecule has 0 aliphatic carbocycles. The van der Waals surface area contributed by atoms with E-state index in [1.54, 1.807) is 0 Å². The molecule has 0 bridgehead atoms. The van der Waals surface area contributed by atoms with Gasteiger partial charge in [-0.25, -0.2) is 0 Å². The van der Waals surface area contributed by atoms with Crippen LogP contribution >= 0.6 is 0 Å². The van der Waals surface area contributed by atoms with Gasteiger partial charge in [0.15, 0.2) is 0 Å². The van der Waals surface area contributed by atoms with Crippen molar-refractivity contribution in [3.8, 4) is 0 Å². The van der Waals surface area contributed by atoms with Crippen LogP contribution in [0.2, 0.25) is 0 Å². The highest BCUT2D eigenvalue weighted by molar-refractivity contribution is 5.77. The lowest BCUT2D eigenvalue weighted by atomic mass is 10.0. The van der Waals surface area contributed by atoms with E-state index in [1.807, 2.05) is 0 Å². The van der Waals surface area contributed by atoms with Gasteiger partial charge in [-0.15, -0.1) is 0 Å². The molecule has 62 heavy (non-hydrogen) atoms. The van der Waals surface area contributed by atoms with Gasteiger partial charge in [-0.1, -0.05) is 257 Å². The lowest BCUT2D eigenvalue weighted by Gasteiger charge is -2.24. The Labute approximate surface area is 386 Å². The molecule has 0 aromatic rings. The van der Waals surface area contributed by atoms with E-state index < -0.39 is 18.2 Å². The third kappa shape index (κ3) is 44.9. The van der Waals surface area contributed by atoms with E-state index in [-0.39, 0.29) is 24.9 Å². The highest BCUT2D eigenvalue weighted by Gasteiger charge is 2.24. The summed E-state index contributed by atoms with van der Waals surface area (Å²) in [5.41, 5.74) is 0. The minimum Gasteiger partial charge on any atom is -0.462 e. The maximum Gasteiger partial charge on any atom is 0.306 e. The maximum absolute atomic E-state index is 13.2. The summed E-state index contributed by atoms with van der Waals surface area (Å²) in [6.45, 7) is 6.50. The molecule has 0 saturated heterocycles. The van der Waals surface area contributed by atoms with Gasteiger partial charge in [-0.05, 0) is 51.4 Å². The summed E-state index contributed by atoms with van der Waals surface area (Å²) in [7, 11) is 0. The third-order valence-electron chi connectivity index (χ3n) is 12.8. The number of nitrogens with one attached hydrogen (secondary N) is 1. The van der Waals surface area contributed by atoms with Crippen LogP contribution in [0, 0.1) is 0 Å². The van der Waals surface area contributed by atoms with Crippen LogP contribution in [-0.2, 0) is 14.3 Å². The van der Waals surface area contributed by atoms with Gasteiger partial charge in [-0.2, -0.15) is 0 Å². The first-order valence-electron chi connectivity index (χ1n) is 27.6. The van der Waals surface area contributed by atoms with Gasteiger partial charge in [-0.3, -0.25) is 9.59 Å². The van der Waals surface area contributed by atoms with E-state index in [0.29, 0.717) is 19.3 Å². The zero-order valence-electron chi connectivity index (χ0n) is 41.8. The Balaban J connectivity index is 4.50. The normalized spacial score (nSPS) is 13.3. The minimum absolute atomic E-state index is 0.0725. The number of ether oxygens (including phenoxy) is 1. The minimum atomic E-state index is -0.788. The average Bonchev–Trinajstić information content (AvgIpc) is 3.26. The second-order valence-electron chi connectivity index (χ2n) is 19.0. The Morgan fingerprint density at radius 2 is 0.806 bits per heavy atom. The fourth-order valence-electron chi connectivity index (χ4n) is 8.60. The summed E-state index contributed by atoms with van der Waals surface area (Å²) in [6, 6.07) is -0.702. The van der Waals surface area contributed by atoms with E-state index in [9.17, 15) is 19.8 Å². The highest BCUT2D eigenvalue weighted by atomic mass is 16.5. The number of allylic oxidation sites excluding steroid dienone is 4. The predicted molar refractivity (Wildman–Crippen MR) is 269 cm³/mol. The zero-order valence-corrected chi connectivity index (χ0v) is 41.8. The molecule has 3 N–H and O–H groups in total. The lowest BCUT2D eigenvalue weighted by molar-refractivity contribution is -0.151. The average molecular weight is 874 g/mol. The first kappa shape index (κ1) is 60.3. The quantitative estimate of drug-likeness (QED) is 0.0321. The van der Waals surface area contributed by atoms with Gasteiger partial charge in [0.1, 0.15) is 6.10 Å². The summed E-state index contributed by atoms with van der Waals surface area (Å²) in [5, 5.41) is 23.8. The highest BCUT2D eigenvalue weighted by Crippen LogP contribution is 2.18. The van der Waals surface area contributed by atoms with E-state index >= 15 is 0 Å². The van der Waals surface area contributed by atoms with Crippen molar-refractivity contribution in [1.29, 1.82) is 0 Å². The van der Waals surface area contributed by atoms with Gasteiger partial charge < -0.3 is 20.3 Å². The first-order chi connectivity index (χ1) is 30.5.